The molecule has 0 aliphatic carbocycles. The summed E-state index contributed by atoms with van der Waals surface area (Å²) in [6.07, 6.45) is 3.08. The lowest BCUT2D eigenvalue weighted by atomic mass is 10.3. The van der Waals surface area contributed by atoms with E-state index < -0.39 is 10.0 Å². The van der Waals surface area contributed by atoms with E-state index in [1.54, 1.807) is 11.7 Å². The fourth-order valence-electron chi connectivity index (χ4n) is 1.44. The van der Waals surface area contributed by atoms with E-state index in [1.165, 1.54) is 0 Å². The summed E-state index contributed by atoms with van der Waals surface area (Å²) in [5.74, 6) is 0.163. The molecule has 1 rings (SSSR count). The molecule has 0 saturated carbocycles. The Labute approximate surface area is 102 Å². The Balaban J connectivity index is 2.25. The number of aromatic nitrogens is 2. The van der Waals surface area contributed by atoms with Crippen LogP contribution < -0.4 is 10.0 Å². The molecule has 0 aromatic carbocycles. The second kappa shape index (κ2) is 6.73. The van der Waals surface area contributed by atoms with Gasteiger partial charge in [0.25, 0.3) is 0 Å². The molecule has 1 aromatic heterocycles. The monoisotopic (exact) mass is 260 g/mol. The molecule has 98 valence electrons. The molecule has 17 heavy (non-hydrogen) atoms. The molecule has 6 nitrogen and oxygen atoms in total. The maximum atomic E-state index is 11.5. The quantitative estimate of drug-likeness (QED) is 0.617. The zero-order valence-electron chi connectivity index (χ0n) is 10.3. The standard InChI is InChI=1S/C10H20N4O2S/c1-11-6-3-9-17(15,16)12-7-4-10-5-8-14(2)13-10/h5,8,11-12H,3-4,6-7,9H2,1-2H3. The largest absolute Gasteiger partial charge is 0.320 e. The third kappa shape index (κ3) is 5.81. The van der Waals surface area contributed by atoms with E-state index in [0.717, 1.165) is 5.69 Å². The van der Waals surface area contributed by atoms with Gasteiger partial charge in [-0.3, -0.25) is 4.68 Å². The van der Waals surface area contributed by atoms with Crippen LogP contribution in [0.5, 0.6) is 0 Å². The van der Waals surface area contributed by atoms with Crippen LogP contribution in [0.1, 0.15) is 12.1 Å². The summed E-state index contributed by atoms with van der Waals surface area (Å²) in [6, 6.07) is 1.88. The first-order valence-corrected chi connectivity index (χ1v) is 7.29. The number of nitrogens with zero attached hydrogens (tertiary/aromatic N) is 2. The number of aryl methyl sites for hydroxylation is 1. The van der Waals surface area contributed by atoms with E-state index in [4.69, 9.17) is 0 Å². The van der Waals surface area contributed by atoms with E-state index in [2.05, 4.69) is 15.1 Å². The van der Waals surface area contributed by atoms with E-state index >= 15 is 0 Å². The SMILES string of the molecule is CNCCCS(=O)(=O)NCCc1ccn(C)n1. The van der Waals surface area contributed by atoms with Crippen molar-refractivity contribution in [1.82, 2.24) is 19.8 Å². The molecule has 0 bridgehead atoms. The highest BCUT2D eigenvalue weighted by Crippen LogP contribution is 1.95. The van der Waals surface area contributed by atoms with Crippen molar-refractivity contribution in [1.29, 1.82) is 0 Å². The number of rotatable bonds is 8. The highest BCUT2D eigenvalue weighted by atomic mass is 32.2. The van der Waals surface area contributed by atoms with Crippen LogP contribution in [-0.4, -0.2) is 44.1 Å². The molecular weight excluding hydrogens is 240 g/mol. The van der Waals surface area contributed by atoms with Crippen molar-refractivity contribution in [3.63, 3.8) is 0 Å². The summed E-state index contributed by atoms with van der Waals surface area (Å²) >= 11 is 0. The van der Waals surface area contributed by atoms with Gasteiger partial charge in [0.15, 0.2) is 0 Å². The van der Waals surface area contributed by atoms with Gasteiger partial charge in [0.05, 0.1) is 11.4 Å². The van der Waals surface area contributed by atoms with Crippen molar-refractivity contribution >= 4 is 10.0 Å². The normalized spacial score (nSPS) is 11.9. The number of hydrogen-bond donors (Lipinski definition) is 2. The van der Waals surface area contributed by atoms with Gasteiger partial charge in [0, 0.05) is 26.2 Å². The first kappa shape index (κ1) is 14.1. The predicted octanol–water partition coefficient (Wildman–Crippen LogP) is -0.508. The van der Waals surface area contributed by atoms with Crippen molar-refractivity contribution in [2.45, 2.75) is 12.8 Å². The number of sulfonamides is 1. The predicted molar refractivity (Wildman–Crippen MR) is 67.2 cm³/mol. The second-order valence-corrected chi connectivity index (χ2v) is 5.83. The highest BCUT2D eigenvalue weighted by molar-refractivity contribution is 7.89. The third-order valence-electron chi connectivity index (χ3n) is 2.31. The average Bonchev–Trinajstić information content (AvgIpc) is 2.64. The van der Waals surface area contributed by atoms with Crippen LogP contribution in [0.4, 0.5) is 0 Å². The molecule has 1 aromatic rings. The van der Waals surface area contributed by atoms with Gasteiger partial charge in [0.2, 0.25) is 10.0 Å². The minimum absolute atomic E-state index is 0.163. The van der Waals surface area contributed by atoms with Crippen molar-refractivity contribution in [2.24, 2.45) is 7.05 Å². The zero-order valence-corrected chi connectivity index (χ0v) is 11.1. The topological polar surface area (TPSA) is 76.0 Å². The van der Waals surface area contributed by atoms with Crippen LogP contribution in [0.25, 0.3) is 0 Å². The van der Waals surface area contributed by atoms with Crippen molar-refractivity contribution < 1.29 is 8.42 Å². The van der Waals surface area contributed by atoms with Crippen LogP contribution in [0, 0.1) is 0 Å². The molecule has 1 heterocycles. The summed E-state index contributed by atoms with van der Waals surface area (Å²) in [5, 5.41) is 7.10. The molecule has 0 fully saturated rings. The van der Waals surface area contributed by atoms with Gasteiger partial charge in [-0.1, -0.05) is 0 Å². The van der Waals surface area contributed by atoms with Crippen LogP contribution in [-0.2, 0) is 23.5 Å². The van der Waals surface area contributed by atoms with Gasteiger partial charge in [-0.2, -0.15) is 5.10 Å². The molecule has 7 heteroatoms. The smallest absolute Gasteiger partial charge is 0.211 e. The molecule has 0 spiro atoms. The van der Waals surface area contributed by atoms with Gasteiger partial charge in [0.1, 0.15) is 0 Å². The zero-order chi connectivity index (χ0) is 12.7. The van der Waals surface area contributed by atoms with Crippen LogP contribution >= 0.6 is 0 Å². The minimum Gasteiger partial charge on any atom is -0.320 e. The van der Waals surface area contributed by atoms with Crippen molar-refractivity contribution in [3.8, 4) is 0 Å². The van der Waals surface area contributed by atoms with Gasteiger partial charge in [-0.25, -0.2) is 13.1 Å². The Kier molecular flexibility index (Phi) is 5.60. The Morgan fingerprint density at radius 2 is 2.18 bits per heavy atom. The highest BCUT2D eigenvalue weighted by Gasteiger charge is 2.08. The third-order valence-corrected chi connectivity index (χ3v) is 3.78. The lowest BCUT2D eigenvalue weighted by Gasteiger charge is -2.05. The Bertz CT molecular complexity index is 427. The van der Waals surface area contributed by atoms with E-state index in [1.807, 2.05) is 19.3 Å². The maximum Gasteiger partial charge on any atom is 0.211 e. The van der Waals surface area contributed by atoms with Gasteiger partial charge in [-0.05, 0) is 26.1 Å². The summed E-state index contributed by atoms with van der Waals surface area (Å²) in [4.78, 5) is 0. The summed E-state index contributed by atoms with van der Waals surface area (Å²) in [5.41, 5.74) is 0.894. The molecule has 0 atom stereocenters. The average molecular weight is 260 g/mol. The van der Waals surface area contributed by atoms with Gasteiger partial charge < -0.3 is 5.32 Å². The number of nitrogens with one attached hydrogen (secondary N) is 2. The fraction of sp³-hybridized carbons (Fsp3) is 0.700. The van der Waals surface area contributed by atoms with Crippen molar-refractivity contribution in [3.05, 3.63) is 18.0 Å². The van der Waals surface area contributed by atoms with E-state index in [-0.39, 0.29) is 5.75 Å². The first-order chi connectivity index (χ1) is 8.03. The lowest BCUT2D eigenvalue weighted by Crippen LogP contribution is -2.29. The van der Waals surface area contributed by atoms with Crippen LogP contribution in [0.3, 0.4) is 0 Å². The molecule has 0 aliphatic rings. The van der Waals surface area contributed by atoms with E-state index in [0.29, 0.717) is 25.9 Å². The first-order valence-electron chi connectivity index (χ1n) is 5.64. The number of hydrogen-bond acceptors (Lipinski definition) is 4. The summed E-state index contributed by atoms with van der Waals surface area (Å²) < 4.78 is 27.3. The molecule has 0 aliphatic heterocycles. The fourth-order valence-corrected chi connectivity index (χ4v) is 2.52. The van der Waals surface area contributed by atoms with E-state index in [9.17, 15) is 8.42 Å². The second-order valence-electron chi connectivity index (χ2n) is 3.90. The lowest BCUT2D eigenvalue weighted by molar-refractivity contribution is 0.577. The minimum atomic E-state index is -3.14. The molecule has 2 N–H and O–H groups in total. The van der Waals surface area contributed by atoms with Crippen LogP contribution in [0.2, 0.25) is 0 Å². The molecule has 0 saturated heterocycles. The Morgan fingerprint density at radius 1 is 1.41 bits per heavy atom. The van der Waals surface area contributed by atoms with Crippen molar-refractivity contribution in [2.75, 3.05) is 25.9 Å². The van der Waals surface area contributed by atoms with Gasteiger partial charge in [-0.15, -0.1) is 0 Å². The van der Waals surface area contributed by atoms with Crippen LogP contribution in [0.15, 0.2) is 12.3 Å². The van der Waals surface area contributed by atoms with Gasteiger partial charge >= 0.3 is 0 Å². The summed E-state index contributed by atoms with van der Waals surface area (Å²) in [7, 11) is 0.504. The molecule has 0 unspecified atom stereocenters. The molecule has 0 amide bonds. The Morgan fingerprint density at radius 3 is 2.76 bits per heavy atom. The Hall–Kier alpha value is -0.920. The molecular formula is C10H20N4O2S. The molecule has 0 radical (unpaired) electrons. The summed E-state index contributed by atoms with van der Waals surface area (Å²) in [6.45, 7) is 1.11. The maximum absolute atomic E-state index is 11.5.